The topological polar surface area (TPSA) is 52.6 Å². The van der Waals surface area contributed by atoms with E-state index in [1.165, 1.54) is 13.2 Å². The molecule has 0 radical (unpaired) electrons. The Labute approximate surface area is 130 Å². The van der Waals surface area contributed by atoms with Gasteiger partial charge in [0.05, 0.1) is 12.1 Å². The summed E-state index contributed by atoms with van der Waals surface area (Å²) in [6.45, 7) is 0. The average molecular weight is 339 g/mol. The van der Waals surface area contributed by atoms with E-state index in [0.29, 0.717) is 12.8 Å². The normalized spacial score (nSPS) is 11.1. The van der Waals surface area contributed by atoms with Crippen LogP contribution in [0.5, 0.6) is 5.75 Å². The second-order valence-corrected chi connectivity index (χ2v) is 4.80. The summed E-state index contributed by atoms with van der Waals surface area (Å²) in [6.07, 6.45) is -3.76. The minimum absolute atomic E-state index is 0.0403. The van der Waals surface area contributed by atoms with Gasteiger partial charge < -0.3 is 9.47 Å². The third-order valence-corrected chi connectivity index (χ3v) is 3.06. The molecule has 1 aromatic carbocycles. The number of esters is 1. The van der Waals surface area contributed by atoms with Gasteiger partial charge in [0, 0.05) is 18.4 Å². The monoisotopic (exact) mass is 338 g/mol. The maximum absolute atomic E-state index is 12.1. The molecule has 0 unspecified atom stereocenters. The lowest BCUT2D eigenvalue weighted by Gasteiger charge is -2.11. The van der Waals surface area contributed by atoms with Gasteiger partial charge in [-0.05, 0) is 31.0 Å². The molecule has 0 heterocycles. The van der Waals surface area contributed by atoms with E-state index in [2.05, 4.69) is 9.47 Å². The van der Waals surface area contributed by atoms with Gasteiger partial charge in [-0.15, -0.1) is 13.2 Å². The number of unbranched alkanes of at least 4 members (excludes halogenated alkanes) is 1. The van der Waals surface area contributed by atoms with Crippen molar-refractivity contribution in [3.8, 4) is 5.75 Å². The highest BCUT2D eigenvalue weighted by Crippen LogP contribution is 2.28. The van der Waals surface area contributed by atoms with E-state index in [1.807, 2.05) is 0 Å². The van der Waals surface area contributed by atoms with Crippen LogP contribution in [0.3, 0.4) is 0 Å². The Balaban J connectivity index is 2.64. The first-order valence-corrected chi connectivity index (χ1v) is 6.76. The number of methoxy groups -OCH3 is 1. The van der Waals surface area contributed by atoms with Crippen LogP contribution in [0.4, 0.5) is 13.2 Å². The molecular weight excluding hydrogens is 325 g/mol. The van der Waals surface area contributed by atoms with Crippen molar-refractivity contribution in [3.63, 3.8) is 0 Å². The molecule has 1 aromatic rings. The SMILES string of the molecule is COC(=O)CCCCC(=O)c1cc(OC(F)(F)F)ccc1Cl. The molecule has 8 heteroatoms. The van der Waals surface area contributed by atoms with Crippen molar-refractivity contribution < 1.29 is 32.2 Å². The minimum atomic E-state index is -4.84. The molecule has 0 saturated heterocycles. The number of carbonyl (C=O) groups excluding carboxylic acids is 2. The molecule has 0 atom stereocenters. The fourth-order valence-electron chi connectivity index (χ4n) is 1.71. The largest absolute Gasteiger partial charge is 0.573 e. The molecule has 1 rings (SSSR count). The lowest BCUT2D eigenvalue weighted by Crippen LogP contribution is -2.17. The molecule has 22 heavy (non-hydrogen) atoms. The number of halogens is 4. The molecule has 0 fully saturated rings. The summed E-state index contributed by atoms with van der Waals surface area (Å²) < 4.78 is 44.6. The molecule has 0 saturated carbocycles. The van der Waals surface area contributed by atoms with E-state index >= 15 is 0 Å². The van der Waals surface area contributed by atoms with E-state index in [-0.39, 0.29) is 29.4 Å². The first-order chi connectivity index (χ1) is 10.2. The fraction of sp³-hybridized carbons (Fsp3) is 0.429. The molecule has 4 nitrogen and oxygen atoms in total. The fourth-order valence-corrected chi connectivity index (χ4v) is 1.93. The Morgan fingerprint density at radius 1 is 1.18 bits per heavy atom. The maximum Gasteiger partial charge on any atom is 0.573 e. The van der Waals surface area contributed by atoms with Gasteiger partial charge in [-0.1, -0.05) is 11.6 Å². The van der Waals surface area contributed by atoms with Gasteiger partial charge in [-0.25, -0.2) is 0 Å². The van der Waals surface area contributed by atoms with E-state index in [4.69, 9.17) is 11.6 Å². The lowest BCUT2D eigenvalue weighted by molar-refractivity contribution is -0.274. The van der Waals surface area contributed by atoms with Gasteiger partial charge in [0.2, 0.25) is 0 Å². The zero-order chi connectivity index (χ0) is 16.8. The third-order valence-electron chi connectivity index (χ3n) is 2.73. The highest BCUT2D eigenvalue weighted by molar-refractivity contribution is 6.34. The van der Waals surface area contributed by atoms with Crippen LogP contribution < -0.4 is 4.74 Å². The zero-order valence-corrected chi connectivity index (χ0v) is 12.5. The van der Waals surface area contributed by atoms with Crippen LogP contribution >= 0.6 is 11.6 Å². The number of benzene rings is 1. The van der Waals surface area contributed by atoms with Gasteiger partial charge >= 0.3 is 12.3 Å². The van der Waals surface area contributed by atoms with Gasteiger partial charge in [0.25, 0.3) is 0 Å². The van der Waals surface area contributed by atoms with Crippen molar-refractivity contribution in [1.82, 2.24) is 0 Å². The summed E-state index contributed by atoms with van der Waals surface area (Å²) in [6, 6.07) is 3.16. The lowest BCUT2D eigenvalue weighted by atomic mass is 10.0. The molecule has 0 aliphatic heterocycles. The van der Waals surface area contributed by atoms with E-state index in [1.54, 1.807) is 0 Å². The smallest absolute Gasteiger partial charge is 0.469 e. The molecule has 0 aromatic heterocycles. The molecule has 0 N–H and O–H groups in total. The second kappa shape index (κ2) is 8.03. The summed E-state index contributed by atoms with van der Waals surface area (Å²) in [5.74, 6) is -1.30. The predicted octanol–water partition coefficient (Wildman–Crippen LogP) is 4.15. The van der Waals surface area contributed by atoms with Crippen LogP contribution in [-0.2, 0) is 9.53 Å². The molecule has 0 aliphatic carbocycles. The Hall–Kier alpha value is -1.76. The first-order valence-electron chi connectivity index (χ1n) is 6.38. The van der Waals surface area contributed by atoms with Crippen LogP contribution in [-0.4, -0.2) is 25.2 Å². The van der Waals surface area contributed by atoms with Crippen molar-refractivity contribution in [2.75, 3.05) is 7.11 Å². The van der Waals surface area contributed by atoms with Gasteiger partial charge in [-0.2, -0.15) is 0 Å². The highest BCUT2D eigenvalue weighted by atomic mass is 35.5. The molecule has 0 spiro atoms. The number of alkyl halides is 3. The minimum Gasteiger partial charge on any atom is -0.469 e. The molecule has 0 amide bonds. The predicted molar refractivity (Wildman–Crippen MR) is 72.9 cm³/mol. The number of ether oxygens (including phenoxy) is 2. The Morgan fingerprint density at radius 3 is 2.41 bits per heavy atom. The van der Waals surface area contributed by atoms with Gasteiger partial charge in [0.15, 0.2) is 5.78 Å². The van der Waals surface area contributed by atoms with Crippen molar-refractivity contribution in [2.45, 2.75) is 32.0 Å². The summed E-state index contributed by atoms with van der Waals surface area (Å²) in [7, 11) is 1.26. The van der Waals surface area contributed by atoms with E-state index in [9.17, 15) is 22.8 Å². The number of hydrogen-bond acceptors (Lipinski definition) is 4. The van der Waals surface area contributed by atoms with Gasteiger partial charge in [-0.3, -0.25) is 9.59 Å². The Bertz CT molecular complexity index is 543. The number of rotatable bonds is 7. The summed E-state index contributed by atoms with van der Waals surface area (Å²) in [4.78, 5) is 22.9. The molecule has 0 aliphatic rings. The van der Waals surface area contributed by atoms with Crippen molar-refractivity contribution in [3.05, 3.63) is 28.8 Å². The Kier molecular flexibility index (Phi) is 6.67. The average Bonchev–Trinajstić information content (AvgIpc) is 2.43. The number of hydrogen-bond donors (Lipinski definition) is 0. The zero-order valence-electron chi connectivity index (χ0n) is 11.7. The van der Waals surface area contributed by atoms with Crippen LogP contribution in [0.2, 0.25) is 5.02 Å². The van der Waals surface area contributed by atoms with Crippen molar-refractivity contribution in [2.24, 2.45) is 0 Å². The third kappa shape index (κ3) is 6.34. The maximum atomic E-state index is 12.1. The van der Waals surface area contributed by atoms with Crippen molar-refractivity contribution >= 4 is 23.4 Å². The van der Waals surface area contributed by atoms with Crippen LogP contribution in [0.1, 0.15) is 36.0 Å². The summed E-state index contributed by atoms with van der Waals surface area (Å²) in [5.41, 5.74) is -0.0403. The van der Waals surface area contributed by atoms with Crippen molar-refractivity contribution in [1.29, 1.82) is 0 Å². The standard InChI is InChI=1S/C14H14ClF3O4/c1-21-13(20)5-3-2-4-12(19)10-8-9(6-7-11(10)15)22-14(16,17)18/h6-8H,2-5H2,1H3. The van der Waals surface area contributed by atoms with Crippen LogP contribution in [0, 0.1) is 0 Å². The van der Waals surface area contributed by atoms with E-state index in [0.717, 1.165) is 12.1 Å². The number of Topliss-reactive ketones (excluding diaryl/α,β-unsaturated/α-hetero) is 1. The number of ketones is 1. The molecule has 0 bridgehead atoms. The summed E-state index contributed by atoms with van der Waals surface area (Å²) in [5, 5.41) is 0.0486. The first kappa shape index (κ1) is 18.3. The highest BCUT2D eigenvalue weighted by Gasteiger charge is 2.31. The second-order valence-electron chi connectivity index (χ2n) is 4.40. The van der Waals surface area contributed by atoms with Gasteiger partial charge in [0.1, 0.15) is 5.75 Å². The van der Waals surface area contributed by atoms with Crippen LogP contribution in [0.25, 0.3) is 0 Å². The summed E-state index contributed by atoms with van der Waals surface area (Å²) >= 11 is 5.82. The molecular formula is C14H14ClF3O4. The quantitative estimate of drug-likeness (QED) is 0.425. The van der Waals surface area contributed by atoms with Crippen LogP contribution in [0.15, 0.2) is 18.2 Å². The molecule has 122 valence electrons. The van der Waals surface area contributed by atoms with E-state index < -0.39 is 17.9 Å². The Morgan fingerprint density at radius 2 is 1.82 bits per heavy atom. The number of carbonyl (C=O) groups is 2.